The molecule has 55 heavy (non-hydrogen) atoms. The first kappa shape index (κ1) is 49.1. The van der Waals surface area contributed by atoms with Crippen LogP contribution in [0.1, 0.15) is 67.7 Å². The van der Waals surface area contributed by atoms with Crippen molar-refractivity contribution >= 4 is 65.0 Å². The van der Waals surface area contributed by atoms with Gasteiger partial charge in [-0.3, -0.25) is 47.9 Å². The lowest BCUT2D eigenvalue weighted by molar-refractivity contribution is -0.143. The van der Waals surface area contributed by atoms with Gasteiger partial charge >= 0.3 is 5.97 Å². The number of primary amides is 2. The number of carbonyl (C=O) groups is 11. The molecule has 0 rings (SSSR count). The molecule has 0 heterocycles. The molecule has 0 fully saturated rings. The first-order valence-corrected chi connectivity index (χ1v) is 17.3. The summed E-state index contributed by atoms with van der Waals surface area (Å²) < 4.78 is 0. The fourth-order valence-electron chi connectivity index (χ4n) is 4.44. The number of carboxylic acids is 1. The molecule has 15 N–H and O–H groups in total. The van der Waals surface area contributed by atoms with Crippen molar-refractivity contribution in [3.63, 3.8) is 0 Å². The average molecular weight is 786 g/mol. The molecule has 0 spiro atoms. The molecule has 0 aromatic heterocycles. The largest absolute Gasteiger partial charge is 0.480 e. The summed E-state index contributed by atoms with van der Waals surface area (Å²) in [6, 6.07) is -8.98. The molecule has 0 aliphatic carbocycles. The highest BCUT2D eigenvalue weighted by molar-refractivity contribution is 5.98. The van der Waals surface area contributed by atoms with Crippen LogP contribution in [0.25, 0.3) is 0 Å². The van der Waals surface area contributed by atoms with Gasteiger partial charge in [-0.15, -0.1) is 0 Å². The van der Waals surface area contributed by atoms with E-state index in [9.17, 15) is 57.8 Å². The lowest BCUT2D eigenvalue weighted by atomic mass is 9.99. The lowest BCUT2D eigenvalue weighted by Gasteiger charge is -2.26. The Morgan fingerprint density at radius 1 is 0.527 bits per heavy atom. The van der Waals surface area contributed by atoms with Crippen LogP contribution in [0.15, 0.2) is 0 Å². The molecule has 0 aromatic rings. The number of hydrogen-bond acceptors (Lipinski definition) is 12. The van der Waals surface area contributed by atoms with Crippen LogP contribution in [-0.4, -0.2) is 126 Å². The molecule has 0 aliphatic heterocycles. The Morgan fingerprint density at radius 2 is 0.982 bits per heavy atom. The van der Waals surface area contributed by atoms with Crippen LogP contribution >= 0.6 is 0 Å². The summed E-state index contributed by atoms with van der Waals surface area (Å²) in [6.45, 7) is 9.07. The van der Waals surface area contributed by atoms with Gasteiger partial charge in [0, 0.05) is 0 Å². The number of nitrogens with one attached hydrogen (secondary N) is 8. The number of hydrogen-bond donors (Lipinski definition) is 12. The van der Waals surface area contributed by atoms with Gasteiger partial charge in [-0.1, -0.05) is 34.1 Å². The third-order valence-electron chi connectivity index (χ3n) is 7.96. The van der Waals surface area contributed by atoms with Crippen molar-refractivity contribution in [3.8, 4) is 0 Å². The molecule has 0 aliphatic rings. The van der Waals surface area contributed by atoms with Crippen molar-refractivity contribution in [1.29, 1.82) is 0 Å². The summed E-state index contributed by atoms with van der Waals surface area (Å²) in [7, 11) is 0. The van der Waals surface area contributed by atoms with Gasteiger partial charge in [0.15, 0.2) is 0 Å². The quantitative estimate of drug-likeness (QED) is 0.0434. The SMILES string of the molecule is CC[C@H](C)[C@H](NC(=O)[C@H](C)NC(=O)CNC(=O)CNC(=O)[C@H](CC(N)=O)NC(=O)[C@H](C)NC(=O)[C@@H](NC(=O)[C@H](C)NC(=O)[C@@H](N)CC(N)=O)C(C)C)C(=O)O. The van der Waals surface area contributed by atoms with E-state index in [1.165, 1.54) is 20.8 Å². The molecule has 310 valence electrons. The van der Waals surface area contributed by atoms with Crippen molar-refractivity contribution in [2.45, 2.75) is 110 Å². The van der Waals surface area contributed by atoms with Crippen LogP contribution in [0.4, 0.5) is 0 Å². The minimum atomic E-state index is -1.60. The maximum absolute atomic E-state index is 13.1. The molecule has 23 heteroatoms. The highest BCUT2D eigenvalue weighted by Crippen LogP contribution is 2.08. The number of carboxylic acid groups (broad SMARTS) is 1. The van der Waals surface area contributed by atoms with Crippen LogP contribution in [0.5, 0.6) is 0 Å². The van der Waals surface area contributed by atoms with Crippen molar-refractivity contribution < 1.29 is 57.8 Å². The van der Waals surface area contributed by atoms with Gasteiger partial charge in [-0.05, 0) is 32.6 Å². The second-order valence-electron chi connectivity index (χ2n) is 13.2. The Labute approximate surface area is 317 Å². The predicted octanol–water partition coefficient (Wildman–Crippen LogP) is -5.95. The summed E-state index contributed by atoms with van der Waals surface area (Å²) in [5.41, 5.74) is 15.8. The van der Waals surface area contributed by atoms with Crippen LogP contribution in [0.2, 0.25) is 0 Å². The molecule has 0 saturated carbocycles. The summed E-state index contributed by atoms with van der Waals surface area (Å²) in [4.78, 5) is 135. The Hall–Kier alpha value is -5.87. The zero-order valence-electron chi connectivity index (χ0n) is 31.9. The molecule has 0 aromatic carbocycles. The molecular weight excluding hydrogens is 730 g/mol. The molecule has 10 amide bonds. The van der Waals surface area contributed by atoms with Crippen LogP contribution < -0.4 is 59.7 Å². The highest BCUT2D eigenvalue weighted by Gasteiger charge is 2.32. The standard InChI is InChI=1S/C32H55N11O12/c1-8-14(4)25(32(54)55)43-27(49)15(5)38-23(47)12-36-22(46)11-37-30(52)19(10-21(35)45)41-26(48)16(6)40-31(53)24(13(2)3)42-28(50)17(7)39-29(51)18(33)9-20(34)44/h13-19,24-25H,8-12,33H2,1-7H3,(H2,34,44)(H2,35,45)(H,36,46)(H,37,52)(H,38,47)(H,39,51)(H,40,53)(H,41,48)(H,42,50)(H,43,49)(H,54,55)/t14-,15-,16-,17-,18-,19-,24-,25-/m0/s1. The first-order chi connectivity index (χ1) is 25.4. The second-order valence-corrected chi connectivity index (χ2v) is 13.2. The number of aliphatic carboxylic acids is 1. The van der Waals surface area contributed by atoms with E-state index in [-0.39, 0.29) is 5.92 Å². The molecular formula is C32H55N11O12. The monoisotopic (exact) mass is 785 g/mol. The normalized spacial score (nSPS) is 15.1. The van der Waals surface area contributed by atoms with Gasteiger partial charge < -0.3 is 64.8 Å². The second kappa shape index (κ2) is 23.7. The predicted molar refractivity (Wildman–Crippen MR) is 192 cm³/mol. The van der Waals surface area contributed by atoms with Crippen molar-refractivity contribution in [2.75, 3.05) is 13.1 Å². The number of nitrogens with two attached hydrogens (primary N) is 3. The fourth-order valence-corrected chi connectivity index (χ4v) is 4.44. The van der Waals surface area contributed by atoms with Crippen molar-refractivity contribution in [3.05, 3.63) is 0 Å². The third-order valence-corrected chi connectivity index (χ3v) is 7.96. The average Bonchev–Trinajstić information content (AvgIpc) is 3.08. The summed E-state index contributed by atoms with van der Waals surface area (Å²) >= 11 is 0. The van der Waals surface area contributed by atoms with E-state index in [2.05, 4.69) is 42.5 Å². The van der Waals surface area contributed by atoms with E-state index >= 15 is 0 Å². The molecule has 8 atom stereocenters. The fraction of sp³-hybridized carbons (Fsp3) is 0.656. The lowest BCUT2D eigenvalue weighted by Crippen LogP contribution is -2.59. The summed E-state index contributed by atoms with van der Waals surface area (Å²) in [6.07, 6.45) is -0.697. The molecule has 23 nitrogen and oxygen atoms in total. The Kier molecular flexibility index (Phi) is 21.2. The van der Waals surface area contributed by atoms with E-state index in [0.717, 1.165) is 0 Å². The van der Waals surface area contributed by atoms with E-state index < -0.39 is 139 Å². The van der Waals surface area contributed by atoms with E-state index in [1.807, 2.05) is 0 Å². The Balaban J connectivity index is 5.19. The zero-order chi connectivity index (χ0) is 42.7. The molecule has 0 radical (unpaired) electrons. The minimum Gasteiger partial charge on any atom is -0.480 e. The van der Waals surface area contributed by atoms with Crippen molar-refractivity contribution in [2.24, 2.45) is 29.0 Å². The van der Waals surface area contributed by atoms with Gasteiger partial charge in [0.25, 0.3) is 0 Å². The number of carbonyl (C=O) groups excluding carboxylic acids is 10. The van der Waals surface area contributed by atoms with Gasteiger partial charge in [0.1, 0.15) is 36.3 Å². The third kappa shape index (κ3) is 18.6. The van der Waals surface area contributed by atoms with Gasteiger partial charge in [-0.2, -0.15) is 0 Å². The van der Waals surface area contributed by atoms with Crippen molar-refractivity contribution in [1.82, 2.24) is 42.5 Å². The number of rotatable bonds is 24. The Bertz CT molecular complexity index is 1460. The summed E-state index contributed by atoms with van der Waals surface area (Å²) in [5, 5.41) is 27.7. The topological polar surface area (TPSA) is 382 Å². The maximum Gasteiger partial charge on any atom is 0.326 e. The number of amides is 10. The van der Waals surface area contributed by atoms with Gasteiger partial charge in [0.2, 0.25) is 59.1 Å². The van der Waals surface area contributed by atoms with Gasteiger partial charge in [0.05, 0.1) is 32.0 Å². The van der Waals surface area contributed by atoms with Crippen LogP contribution in [-0.2, 0) is 52.7 Å². The molecule has 0 unspecified atom stereocenters. The first-order valence-electron chi connectivity index (χ1n) is 17.3. The van der Waals surface area contributed by atoms with Gasteiger partial charge in [-0.25, -0.2) is 4.79 Å². The van der Waals surface area contributed by atoms with Crippen LogP contribution in [0.3, 0.4) is 0 Å². The Morgan fingerprint density at radius 3 is 1.45 bits per heavy atom. The molecule has 0 saturated heterocycles. The minimum absolute atomic E-state index is 0.384. The van der Waals surface area contributed by atoms with E-state index in [4.69, 9.17) is 17.2 Å². The summed E-state index contributed by atoms with van der Waals surface area (Å²) in [5.74, 6) is -10.9. The molecule has 0 bridgehead atoms. The zero-order valence-corrected chi connectivity index (χ0v) is 31.9. The van der Waals surface area contributed by atoms with Crippen LogP contribution in [0, 0.1) is 11.8 Å². The van der Waals surface area contributed by atoms with E-state index in [1.54, 1.807) is 27.7 Å². The van der Waals surface area contributed by atoms with E-state index in [0.29, 0.717) is 6.42 Å². The highest BCUT2D eigenvalue weighted by atomic mass is 16.4. The smallest absolute Gasteiger partial charge is 0.326 e. The maximum atomic E-state index is 13.1.